The number of esters is 4. The van der Waals surface area contributed by atoms with Crippen molar-refractivity contribution in [2.75, 3.05) is 39.6 Å². The molecule has 0 aromatic carbocycles. The number of unbranched alkanes of at least 4 members (excludes halogenated alkanes) is 54. The van der Waals surface area contributed by atoms with Crippen LogP contribution in [0.3, 0.4) is 0 Å². The molecular weight excluding hydrogens is 1320 g/mol. The first-order chi connectivity index (χ1) is 49.0. The summed E-state index contributed by atoms with van der Waals surface area (Å²) in [5.41, 5.74) is 0. The van der Waals surface area contributed by atoms with Gasteiger partial charge in [0.05, 0.1) is 26.4 Å². The number of rotatable bonds is 82. The van der Waals surface area contributed by atoms with Gasteiger partial charge in [-0.1, -0.05) is 388 Å². The van der Waals surface area contributed by atoms with Gasteiger partial charge in [-0.15, -0.1) is 0 Å². The van der Waals surface area contributed by atoms with Crippen molar-refractivity contribution in [3.05, 3.63) is 0 Å². The highest BCUT2D eigenvalue weighted by atomic mass is 31.2. The summed E-state index contributed by atoms with van der Waals surface area (Å²) >= 11 is 0. The first-order valence-electron chi connectivity index (χ1n) is 42.6. The molecule has 0 radical (unpaired) electrons. The Balaban J connectivity index is 5.24. The molecule has 5 atom stereocenters. The van der Waals surface area contributed by atoms with E-state index in [-0.39, 0.29) is 25.7 Å². The van der Waals surface area contributed by atoms with Crippen molar-refractivity contribution in [2.45, 2.75) is 457 Å². The van der Waals surface area contributed by atoms with Gasteiger partial charge in [-0.05, 0) is 31.6 Å². The molecule has 3 N–H and O–H groups in total. The largest absolute Gasteiger partial charge is 0.472 e. The molecule has 0 fully saturated rings. The molecule has 0 aromatic rings. The number of aliphatic hydroxyl groups excluding tert-OH is 1. The number of carbonyl (C=O) groups is 4. The van der Waals surface area contributed by atoms with E-state index in [0.717, 1.165) is 95.8 Å². The lowest BCUT2D eigenvalue weighted by molar-refractivity contribution is -0.161. The lowest BCUT2D eigenvalue weighted by atomic mass is 10.0. The van der Waals surface area contributed by atoms with Crippen LogP contribution >= 0.6 is 15.6 Å². The maximum absolute atomic E-state index is 13.1. The van der Waals surface area contributed by atoms with Gasteiger partial charge < -0.3 is 33.8 Å². The van der Waals surface area contributed by atoms with E-state index in [1.165, 1.54) is 263 Å². The fourth-order valence-electron chi connectivity index (χ4n) is 12.8. The van der Waals surface area contributed by atoms with Crippen molar-refractivity contribution in [1.82, 2.24) is 0 Å². The summed E-state index contributed by atoms with van der Waals surface area (Å²) in [7, 11) is -9.92. The molecule has 600 valence electrons. The topological polar surface area (TPSA) is 237 Å². The van der Waals surface area contributed by atoms with E-state index < -0.39 is 97.5 Å². The normalized spacial score (nSPS) is 13.8. The third-order valence-corrected chi connectivity index (χ3v) is 21.2. The molecule has 0 saturated heterocycles. The van der Waals surface area contributed by atoms with Crippen LogP contribution in [0.25, 0.3) is 0 Å². The SMILES string of the molecule is CCCCCCCCCCCCCCCCCCCCCCC(=O)O[C@H](COC(=O)CCCCCCCCCCCCCCCC(C)C)COP(=O)(O)OC[C@@H](O)COP(=O)(O)OC[C@@H](COC(=O)CCCCCCCCCCCCCC)OC(=O)CCCCCCCCCCCCCCC. The van der Waals surface area contributed by atoms with Crippen LogP contribution in [0.2, 0.25) is 0 Å². The Morgan fingerprint density at radius 1 is 0.267 bits per heavy atom. The van der Waals surface area contributed by atoms with Crippen LogP contribution in [0, 0.1) is 5.92 Å². The van der Waals surface area contributed by atoms with Crippen LogP contribution in [0.15, 0.2) is 0 Å². The van der Waals surface area contributed by atoms with Crippen molar-refractivity contribution in [2.24, 2.45) is 5.92 Å². The zero-order valence-electron chi connectivity index (χ0n) is 66.1. The molecule has 0 aliphatic carbocycles. The van der Waals surface area contributed by atoms with Gasteiger partial charge in [0.1, 0.15) is 19.3 Å². The van der Waals surface area contributed by atoms with E-state index >= 15 is 0 Å². The third-order valence-electron chi connectivity index (χ3n) is 19.3. The summed E-state index contributed by atoms with van der Waals surface area (Å²) < 4.78 is 68.8. The molecule has 0 amide bonds. The van der Waals surface area contributed by atoms with Gasteiger partial charge in [0.15, 0.2) is 12.2 Å². The minimum atomic E-state index is -4.96. The summed E-state index contributed by atoms with van der Waals surface area (Å²) in [6, 6.07) is 0. The number of hydrogen-bond donors (Lipinski definition) is 3. The molecule has 2 unspecified atom stereocenters. The van der Waals surface area contributed by atoms with Crippen molar-refractivity contribution < 1.29 is 80.2 Å². The lowest BCUT2D eigenvalue weighted by Gasteiger charge is -2.21. The molecule has 0 spiro atoms. The average Bonchev–Trinajstić information content (AvgIpc) is 0.921. The molecule has 0 bridgehead atoms. The molecule has 19 heteroatoms. The molecule has 0 aliphatic rings. The summed E-state index contributed by atoms with van der Waals surface area (Å²) in [6.07, 6.45) is 66.5. The molecule has 0 rings (SSSR count). The highest BCUT2D eigenvalue weighted by Crippen LogP contribution is 2.45. The summed E-state index contributed by atoms with van der Waals surface area (Å²) in [5, 5.41) is 10.7. The van der Waals surface area contributed by atoms with E-state index in [0.29, 0.717) is 25.7 Å². The van der Waals surface area contributed by atoms with Crippen molar-refractivity contribution in [3.8, 4) is 0 Å². The molecule has 0 aliphatic heterocycles. The number of carbonyl (C=O) groups excluding carboxylic acids is 4. The molecule has 101 heavy (non-hydrogen) atoms. The zero-order chi connectivity index (χ0) is 74.1. The van der Waals surface area contributed by atoms with E-state index in [4.69, 9.17) is 37.0 Å². The van der Waals surface area contributed by atoms with E-state index in [1.807, 2.05) is 0 Å². The second-order valence-electron chi connectivity index (χ2n) is 30.0. The van der Waals surface area contributed by atoms with E-state index in [2.05, 4.69) is 34.6 Å². The average molecular weight is 1480 g/mol. The minimum Gasteiger partial charge on any atom is -0.462 e. The van der Waals surface area contributed by atoms with Crippen LogP contribution in [0.1, 0.15) is 439 Å². The Morgan fingerprint density at radius 3 is 0.673 bits per heavy atom. The lowest BCUT2D eigenvalue weighted by Crippen LogP contribution is -2.30. The summed E-state index contributed by atoms with van der Waals surface area (Å²) in [6.45, 7) is 7.36. The Hall–Kier alpha value is -1.94. The van der Waals surface area contributed by atoms with Crippen molar-refractivity contribution >= 4 is 39.5 Å². The standard InChI is InChI=1S/C82H160O17P2/c1-6-9-12-15-18-21-24-27-28-29-30-31-32-33-37-43-48-53-58-63-68-82(87)99-78(72-93-80(85)66-61-56-51-46-41-38-34-36-39-44-49-54-59-64-75(4)5)74-97-101(90,91)95-70-76(83)69-94-100(88,89)96-73-77(71-92-79(84)65-60-55-50-45-40-26-23-20-17-14-11-8-3)98-81(86)67-62-57-52-47-42-35-25-22-19-16-13-10-7-2/h75-78,83H,6-74H2,1-5H3,(H,88,89)(H,90,91)/t76-,77+,78+/m0/s1. The first-order valence-corrected chi connectivity index (χ1v) is 45.6. The maximum Gasteiger partial charge on any atom is 0.472 e. The number of aliphatic hydroxyl groups is 1. The second-order valence-corrected chi connectivity index (χ2v) is 32.9. The Labute approximate surface area is 619 Å². The maximum atomic E-state index is 13.1. The molecule has 0 aromatic heterocycles. The van der Waals surface area contributed by atoms with Crippen LogP contribution < -0.4 is 0 Å². The highest BCUT2D eigenvalue weighted by molar-refractivity contribution is 7.47. The van der Waals surface area contributed by atoms with Gasteiger partial charge in [0.25, 0.3) is 0 Å². The van der Waals surface area contributed by atoms with Crippen LogP contribution in [-0.2, 0) is 65.4 Å². The predicted molar refractivity (Wildman–Crippen MR) is 414 cm³/mol. The van der Waals surface area contributed by atoms with Gasteiger partial charge in [-0.3, -0.25) is 37.3 Å². The Bertz CT molecular complexity index is 1930. The fourth-order valence-corrected chi connectivity index (χ4v) is 14.3. The Morgan fingerprint density at radius 2 is 0.455 bits per heavy atom. The first kappa shape index (κ1) is 99.1. The second kappa shape index (κ2) is 74.9. The fraction of sp³-hybridized carbons (Fsp3) is 0.951. The molecule has 0 saturated carbocycles. The third kappa shape index (κ3) is 76.1. The molecule has 0 heterocycles. The summed E-state index contributed by atoms with van der Waals surface area (Å²) in [4.78, 5) is 73.1. The van der Waals surface area contributed by atoms with Crippen LogP contribution in [-0.4, -0.2) is 96.7 Å². The number of phosphoric acid groups is 2. The smallest absolute Gasteiger partial charge is 0.462 e. The van der Waals surface area contributed by atoms with Gasteiger partial charge in [-0.25, -0.2) is 9.13 Å². The van der Waals surface area contributed by atoms with Gasteiger partial charge in [-0.2, -0.15) is 0 Å². The number of ether oxygens (including phenoxy) is 4. The van der Waals surface area contributed by atoms with E-state index in [9.17, 15) is 43.2 Å². The predicted octanol–water partition coefficient (Wildman–Crippen LogP) is 24.8. The van der Waals surface area contributed by atoms with E-state index in [1.54, 1.807) is 0 Å². The zero-order valence-corrected chi connectivity index (χ0v) is 67.8. The van der Waals surface area contributed by atoms with Gasteiger partial charge in [0, 0.05) is 25.7 Å². The highest BCUT2D eigenvalue weighted by Gasteiger charge is 2.30. The Kier molecular flexibility index (Phi) is 73.5. The number of phosphoric ester groups is 2. The van der Waals surface area contributed by atoms with Crippen molar-refractivity contribution in [3.63, 3.8) is 0 Å². The minimum absolute atomic E-state index is 0.108. The number of hydrogen-bond acceptors (Lipinski definition) is 15. The van der Waals surface area contributed by atoms with Gasteiger partial charge >= 0.3 is 39.5 Å². The van der Waals surface area contributed by atoms with Crippen LogP contribution in [0.4, 0.5) is 0 Å². The van der Waals surface area contributed by atoms with Crippen LogP contribution in [0.5, 0.6) is 0 Å². The molecular formula is C82H160O17P2. The molecule has 17 nitrogen and oxygen atoms in total. The van der Waals surface area contributed by atoms with Gasteiger partial charge in [0.2, 0.25) is 0 Å². The monoisotopic (exact) mass is 1480 g/mol. The van der Waals surface area contributed by atoms with Crippen molar-refractivity contribution in [1.29, 1.82) is 0 Å². The summed E-state index contributed by atoms with van der Waals surface area (Å²) in [5.74, 6) is -1.31. The quantitative estimate of drug-likeness (QED) is 0.0222.